The highest BCUT2D eigenvalue weighted by Gasteiger charge is 2.57. The Balaban J connectivity index is 1.44. The second kappa shape index (κ2) is 10.6. The smallest absolute Gasteiger partial charge is 0.416 e. The van der Waals surface area contributed by atoms with Crippen molar-refractivity contribution in [2.24, 2.45) is 5.92 Å². The fraction of sp³-hybridized carbons (Fsp3) is 0.179. The maximum absolute atomic E-state index is 14.0. The summed E-state index contributed by atoms with van der Waals surface area (Å²) < 4.78 is 47.2. The van der Waals surface area contributed by atoms with Crippen LogP contribution in [0.1, 0.15) is 27.5 Å². The first kappa shape index (κ1) is 28.1. The lowest BCUT2D eigenvalue weighted by molar-refractivity contribution is -0.137. The molecule has 41 heavy (non-hydrogen) atoms. The number of rotatable bonds is 5. The number of anilines is 1. The molecule has 1 fully saturated rings. The molecule has 2 amide bonds. The average Bonchev–Trinajstić information content (AvgIpc) is 3.41. The van der Waals surface area contributed by atoms with Crippen molar-refractivity contribution in [2.45, 2.75) is 29.0 Å². The lowest BCUT2D eigenvalue weighted by Crippen LogP contribution is -2.32. The van der Waals surface area contributed by atoms with Crippen LogP contribution >= 0.6 is 50.6 Å². The number of aromatic nitrogens is 1. The number of alkyl halides is 3. The number of hydrogen-bond acceptors (Lipinski definition) is 6. The third-order valence-corrected chi connectivity index (χ3v) is 9.98. The predicted molar refractivity (Wildman–Crippen MR) is 154 cm³/mol. The molecule has 6 nitrogen and oxygen atoms in total. The summed E-state index contributed by atoms with van der Waals surface area (Å²) in [4.78, 5) is 43.9. The standard InChI is InChI=1S/C28H17BrClF3N2O4S2/c29-15-7-8-19(39-12-13-3-1-5-16(30)9-13)18(11-15)20-21-23(40-24-22(20)41-27(38)34-24)26(37)35(25(21)36)17-6-2-4-14(10-17)28(31,32)33/h1-11,20-21,23H,12H2,(H,34,38). The summed E-state index contributed by atoms with van der Waals surface area (Å²) in [5.41, 5.74) is 0.229. The molecule has 3 unspecified atom stereocenters. The predicted octanol–water partition coefficient (Wildman–Crippen LogP) is 7.25. The molecule has 6 rings (SSSR count). The summed E-state index contributed by atoms with van der Waals surface area (Å²) in [7, 11) is 0. The van der Waals surface area contributed by atoms with Gasteiger partial charge in [0.1, 0.15) is 17.6 Å². The van der Waals surface area contributed by atoms with Crippen molar-refractivity contribution in [2.75, 3.05) is 4.90 Å². The van der Waals surface area contributed by atoms with Gasteiger partial charge in [-0.15, -0.1) is 0 Å². The van der Waals surface area contributed by atoms with Crippen LogP contribution in [0.2, 0.25) is 5.02 Å². The molecule has 210 valence electrons. The van der Waals surface area contributed by atoms with Gasteiger partial charge in [-0.05, 0) is 54.1 Å². The largest absolute Gasteiger partial charge is 0.489 e. The Morgan fingerprint density at radius 2 is 1.78 bits per heavy atom. The maximum atomic E-state index is 14.0. The van der Waals surface area contributed by atoms with E-state index in [0.29, 0.717) is 30.7 Å². The summed E-state index contributed by atoms with van der Waals surface area (Å²) in [5.74, 6) is -2.65. The number of halogens is 5. The van der Waals surface area contributed by atoms with E-state index in [1.807, 2.05) is 6.07 Å². The van der Waals surface area contributed by atoms with Gasteiger partial charge in [0.15, 0.2) is 0 Å². The van der Waals surface area contributed by atoms with Gasteiger partial charge < -0.3 is 9.72 Å². The number of nitrogens with zero attached hydrogens (tertiary/aromatic N) is 1. The number of nitrogens with one attached hydrogen (secondary N) is 1. The molecule has 0 bridgehead atoms. The third-order valence-electron chi connectivity index (χ3n) is 6.85. The van der Waals surface area contributed by atoms with Gasteiger partial charge in [0.2, 0.25) is 11.8 Å². The molecule has 1 saturated heterocycles. The molecule has 2 aliphatic heterocycles. The van der Waals surface area contributed by atoms with Crippen LogP contribution in [-0.4, -0.2) is 22.0 Å². The number of hydrogen-bond donors (Lipinski definition) is 1. The van der Waals surface area contributed by atoms with Gasteiger partial charge in [0.05, 0.1) is 22.2 Å². The minimum absolute atomic E-state index is 0.157. The van der Waals surface area contributed by atoms with Crippen molar-refractivity contribution in [1.82, 2.24) is 4.98 Å². The van der Waals surface area contributed by atoms with Gasteiger partial charge >= 0.3 is 11.0 Å². The Morgan fingerprint density at radius 3 is 2.54 bits per heavy atom. The molecule has 0 radical (unpaired) electrons. The lowest BCUT2D eigenvalue weighted by Gasteiger charge is -2.31. The van der Waals surface area contributed by atoms with Crippen LogP contribution in [0.15, 0.2) is 81.0 Å². The number of ether oxygens (including phenoxy) is 1. The molecular weight excluding hydrogens is 665 g/mol. The number of carbonyl (C=O) groups excluding carboxylic acids is 2. The van der Waals surface area contributed by atoms with E-state index in [4.69, 9.17) is 16.3 Å². The first-order chi connectivity index (χ1) is 19.5. The molecule has 0 saturated carbocycles. The van der Waals surface area contributed by atoms with Gasteiger partial charge in [0, 0.05) is 25.9 Å². The molecule has 1 aromatic heterocycles. The highest BCUT2D eigenvalue weighted by atomic mass is 79.9. The molecule has 3 aromatic carbocycles. The van der Waals surface area contributed by atoms with Crippen LogP contribution < -0.4 is 14.5 Å². The zero-order valence-electron chi connectivity index (χ0n) is 20.6. The molecule has 13 heteroatoms. The van der Waals surface area contributed by atoms with Crippen molar-refractivity contribution in [1.29, 1.82) is 0 Å². The van der Waals surface area contributed by atoms with Crippen LogP contribution in [-0.2, 0) is 22.4 Å². The number of aromatic amines is 1. The number of thioether (sulfide) groups is 1. The van der Waals surface area contributed by atoms with Gasteiger partial charge in [-0.2, -0.15) is 13.2 Å². The van der Waals surface area contributed by atoms with Crippen LogP contribution in [0.25, 0.3) is 0 Å². The maximum Gasteiger partial charge on any atom is 0.416 e. The SMILES string of the molecule is O=C1C2Sc3[nH]c(=O)sc3C(c3cc(Br)ccc3OCc3cccc(Cl)c3)C2C(=O)N1c1cccc(C(F)(F)F)c1. The third kappa shape index (κ3) is 5.22. The summed E-state index contributed by atoms with van der Waals surface area (Å²) in [6.07, 6.45) is -4.65. The highest BCUT2D eigenvalue weighted by molar-refractivity contribution is 9.10. The topological polar surface area (TPSA) is 79.5 Å². The van der Waals surface area contributed by atoms with E-state index >= 15 is 0 Å². The van der Waals surface area contributed by atoms with E-state index in [-0.39, 0.29) is 17.2 Å². The normalized spacial score (nSPS) is 20.2. The fourth-order valence-electron chi connectivity index (χ4n) is 5.11. The Morgan fingerprint density at radius 1 is 1.00 bits per heavy atom. The highest BCUT2D eigenvalue weighted by Crippen LogP contribution is 2.55. The van der Waals surface area contributed by atoms with Gasteiger partial charge in [-0.1, -0.05) is 68.8 Å². The Bertz CT molecular complexity index is 1760. The Labute approximate surface area is 252 Å². The molecule has 1 N–H and O–H groups in total. The van der Waals surface area contributed by atoms with E-state index < -0.39 is 40.6 Å². The molecule has 0 spiro atoms. The molecule has 3 atom stereocenters. The van der Waals surface area contributed by atoms with Gasteiger partial charge in [-0.25, -0.2) is 4.90 Å². The van der Waals surface area contributed by atoms with Crippen molar-refractivity contribution >= 4 is 68.1 Å². The fourth-order valence-corrected chi connectivity index (χ4v) is 8.21. The quantitative estimate of drug-likeness (QED) is 0.225. The number of fused-ring (bicyclic) bond motifs is 2. The van der Waals surface area contributed by atoms with Crippen molar-refractivity contribution in [3.63, 3.8) is 0 Å². The van der Waals surface area contributed by atoms with Gasteiger partial charge in [-0.3, -0.25) is 14.4 Å². The van der Waals surface area contributed by atoms with Crippen molar-refractivity contribution < 1.29 is 27.5 Å². The zero-order valence-corrected chi connectivity index (χ0v) is 24.6. The van der Waals surface area contributed by atoms with E-state index in [2.05, 4.69) is 20.9 Å². The van der Waals surface area contributed by atoms with Crippen LogP contribution in [0.3, 0.4) is 0 Å². The lowest BCUT2D eigenvalue weighted by atomic mass is 9.82. The number of benzene rings is 3. The van der Waals surface area contributed by atoms with E-state index in [9.17, 15) is 27.6 Å². The summed E-state index contributed by atoms with van der Waals surface area (Å²) in [5, 5.41) is 0.0133. The molecule has 4 aromatic rings. The molecule has 0 aliphatic carbocycles. The summed E-state index contributed by atoms with van der Waals surface area (Å²) in [6.45, 7) is 0.157. The van der Waals surface area contributed by atoms with Crippen molar-refractivity contribution in [3.05, 3.63) is 107 Å². The zero-order chi connectivity index (χ0) is 29.1. The first-order valence-electron chi connectivity index (χ1n) is 12.1. The van der Waals surface area contributed by atoms with Gasteiger partial charge in [0.25, 0.3) is 0 Å². The monoisotopic (exact) mass is 680 g/mol. The number of imide groups is 1. The number of carbonyl (C=O) groups is 2. The average molecular weight is 682 g/mol. The minimum Gasteiger partial charge on any atom is -0.489 e. The molecule has 2 aliphatic rings. The number of H-pyrrole nitrogens is 1. The van der Waals surface area contributed by atoms with Crippen LogP contribution in [0.5, 0.6) is 5.75 Å². The van der Waals surface area contributed by atoms with Crippen LogP contribution in [0.4, 0.5) is 18.9 Å². The van der Waals surface area contributed by atoms with E-state index in [1.165, 1.54) is 6.07 Å². The second-order valence-electron chi connectivity index (χ2n) is 9.41. The molecule has 3 heterocycles. The summed E-state index contributed by atoms with van der Waals surface area (Å²) in [6, 6.07) is 16.5. The summed E-state index contributed by atoms with van der Waals surface area (Å²) >= 11 is 11.6. The van der Waals surface area contributed by atoms with E-state index in [0.717, 1.165) is 51.8 Å². The Kier molecular flexibility index (Phi) is 7.29. The second-order valence-corrected chi connectivity index (χ2v) is 12.9. The van der Waals surface area contributed by atoms with Crippen molar-refractivity contribution in [3.8, 4) is 5.75 Å². The molecular formula is C28H17BrClF3N2O4S2. The first-order valence-corrected chi connectivity index (χ1v) is 15.0. The Hall–Kier alpha value is -3.06. The number of thiazole rings is 1. The van der Waals surface area contributed by atoms with E-state index in [1.54, 1.807) is 36.4 Å². The minimum atomic E-state index is -4.65. The number of amides is 2. The van der Waals surface area contributed by atoms with Crippen LogP contribution in [0, 0.1) is 5.92 Å².